The predicted octanol–water partition coefficient (Wildman–Crippen LogP) is -2.76. The average Bonchev–Trinajstić information content (AvgIpc) is 2.38. The van der Waals surface area contributed by atoms with Gasteiger partial charge in [0.05, 0.1) is 12.6 Å². The smallest absolute Gasteiger partial charge is 0.326 e. The molecule has 0 aromatic rings. The highest BCUT2D eigenvalue weighted by Gasteiger charge is 2.29. The lowest BCUT2D eigenvalue weighted by molar-refractivity contribution is -0.144. The highest BCUT2D eigenvalue weighted by atomic mass is 16.4. The Morgan fingerprint density at radius 1 is 1.14 bits per heavy atom. The predicted molar refractivity (Wildman–Crippen MR) is 69.1 cm³/mol. The summed E-state index contributed by atoms with van der Waals surface area (Å²) < 4.78 is 0. The van der Waals surface area contributed by atoms with Crippen LogP contribution in [0.5, 0.6) is 0 Å². The monoisotopic (exact) mass is 305 g/mol. The number of hydrogen-bond donors (Lipinski definition) is 6. The van der Waals surface area contributed by atoms with Gasteiger partial charge in [-0.25, -0.2) is 4.79 Å². The Labute approximate surface area is 120 Å². The molecule has 0 bridgehead atoms. The van der Waals surface area contributed by atoms with E-state index in [0.717, 1.165) is 0 Å². The zero-order valence-electron chi connectivity index (χ0n) is 11.4. The lowest BCUT2D eigenvalue weighted by Crippen LogP contribution is -2.56. The zero-order valence-corrected chi connectivity index (χ0v) is 11.4. The molecule has 0 spiro atoms. The highest BCUT2D eigenvalue weighted by Crippen LogP contribution is 2.01. The number of rotatable bonds is 9. The largest absolute Gasteiger partial charge is 0.481 e. The first-order valence-corrected chi connectivity index (χ1v) is 6.11. The van der Waals surface area contributed by atoms with Crippen molar-refractivity contribution >= 4 is 23.8 Å². The number of amides is 2. The van der Waals surface area contributed by atoms with Crippen molar-refractivity contribution in [3.63, 3.8) is 0 Å². The van der Waals surface area contributed by atoms with E-state index in [2.05, 4.69) is 10.6 Å². The first kappa shape index (κ1) is 18.8. The second-order valence-electron chi connectivity index (χ2n) is 4.32. The number of aliphatic carboxylic acids is 2. The molecule has 0 aliphatic heterocycles. The van der Waals surface area contributed by atoms with Crippen LogP contribution in [-0.4, -0.2) is 63.8 Å². The van der Waals surface area contributed by atoms with E-state index >= 15 is 0 Å². The molecule has 0 radical (unpaired) electrons. The van der Waals surface area contributed by atoms with Gasteiger partial charge in [0.2, 0.25) is 11.8 Å². The minimum atomic E-state index is -1.44. The molecule has 10 heteroatoms. The second-order valence-corrected chi connectivity index (χ2v) is 4.32. The van der Waals surface area contributed by atoms with Crippen LogP contribution in [0.15, 0.2) is 0 Å². The van der Waals surface area contributed by atoms with E-state index in [9.17, 15) is 24.3 Å². The fourth-order valence-electron chi connectivity index (χ4n) is 1.42. The molecule has 0 rings (SSSR count). The van der Waals surface area contributed by atoms with E-state index in [1.54, 1.807) is 0 Å². The summed E-state index contributed by atoms with van der Waals surface area (Å²) in [5.41, 5.74) is 5.07. The van der Waals surface area contributed by atoms with Crippen LogP contribution in [0.3, 0.4) is 0 Å². The summed E-state index contributed by atoms with van der Waals surface area (Å²) in [6.07, 6.45) is -2.06. The Hall–Kier alpha value is -2.20. The lowest BCUT2D eigenvalue weighted by Gasteiger charge is -2.22. The quantitative estimate of drug-likeness (QED) is 0.265. The van der Waals surface area contributed by atoms with Crippen molar-refractivity contribution in [2.75, 3.05) is 6.54 Å². The van der Waals surface area contributed by atoms with E-state index in [1.165, 1.54) is 6.92 Å². The SMILES string of the molecule is CC(O)C(NC(=O)CN)C(=O)NC(CCC(=O)O)C(=O)O. The molecule has 0 aromatic heterocycles. The topological polar surface area (TPSA) is 179 Å². The zero-order chi connectivity index (χ0) is 16.6. The molecule has 21 heavy (non-hydrogen) atoms. The number of nitrogens with two attached hydrogens (primary N) is 1. The Kier molecular flexibility index (Phi) is 7.94. The summed E-state index contributed by atoms with van der Waals surface area (Å²) in [6.45, 7) is 0.825. The maximum absolute atomic E-state index is 11.9. The number of nitrogens with one attached hydrogen (secondary N) is 2. The summed E-state index contributed by atoms with van der Waals surface area (Å²) in [7, 11) is 0. The molecule has 10 nitrogen and oxygen atoms in total. The molecule has 0 heterocycles. The maximum atomic E-state index is 11.9. The Morgan fingerprint density at radius 2 is 1.71 bits per heavy atom. The van der Waals surface area contributed by atoms with Crippen LogP contribution >= 0.6 is 0 Å². The van der Waals surface area contributed by atoms with E-state index in [4.69, 9.17) is 15.9 Å². The molecule has 0 saturated heterocycles. The van der Waals surface area contributed by atoms with Crippen LogP contribution in [0.4, 0.5) is 0 Å². The normalized spacial score (nSPS) is 14.6. The van der Waals surface area contributed by atoms with Gasteiger partial charge in [-0.15, -0.1) is 0 Å². The molecule has 2 amide bonds. The first-order chi connectivity index (χ1) is 9.68. The molecular formula is C11H19N3O7. The van der Waals surface area contributed by atoms with Gasteiger partial charge in [0.25, 0.3) is 0 Å². The minimum Gasteiger partial charge on any atom is -0.481 e. The van der Waals surface area contributed by atoms with Crippen molar-refractivity contribution in [1.82, 2.24) is 10.6 Å². The third-order valence-corrected chi connectivity index (χ3v) is 2.53. The lowest BCUT2D eigenvalue weighted by atomic mass is 10.1. The van der Waals surface area contributed by atoms with Gasteiger partial charge in [0.15, 0.2) is 0 Å². The summed E-state index contributed by atoms with van der Waals surface area (Å²) in [5, 5.41) is 31.1. The number of hydrogen-bond acceptors (Lipinski definition) is 6. The summed E-state index contributed by atoms with van der Waals surface area (Å²) in [4.78, 5) is 44.4. The highest BCUT2D eigenvalue weighted by molar-refractivity contribution is 5.91. The Morgan fingerprint density at radius 3 is 2.10 bits per heavy atom. The van der Waals surface area contributed by atoms with Crippen LogP contribution in [0.1, 0.15) is 19.8 Å². The molecule has 0 aliphatic carbocycles. The number of carbonyl (C=O) groups excluding carboxylic acids is 2. The summed E-state index contributed by atoms with van der Waals surface area (Å²) >= 11 is 0. The molecule has 0 saturated carbocycles. The minimum absolute atomic E-state index is 0.326. The molecule has 0 fully saturated rings. The van der Waals surface area contributed by atoms with Gasteiger partial charge in [-0.3, -0.25) is 14.4 Å². The third-order valence-electron chi connectivity index (χ3n) is 2.53. The van der Waals surface area contributed by atoms with E-state index in [-0.39, 0.29) is 6.42 Å². The van der Waals surface area contributed by atoms with Crippen molar-refractivity contribution < 1.29 is 34.5 Å². The standard InChI is InChI=1S/C11H19N3O7/c1-5(15)9(14-7(16)4-12)10(19)13-6(11(20)21)2-3-8(17)18/h5-6,9,15H,2-4,12H2,1H3,(H,13,19)(H,14,16)(H,17,18)(H,20,21). The van der Waals surface area contributed by atoms with Crippen LogP contribution < -0.4 is 16.4 Å². The van der Waals surface area contributed by atoms with Crippen LogP contribution in [-0.2, 0) is 19.2 Å². The maximum Gasteiger partial charge on any atom is 0.326 e. The number of carboxylic acids is 2. The Balaban J connectivity index is 4.79. The summed E-state index contributed by atoms with van der Waals surface area (Å²) in [6, 6.07) is -2.82. The third kappa shape index (κ3) is 7.22. The number of carboxylic acid groups (broad SMARTS) is 2. The van der Waals surface area contributed by atoms with Gasteiger partial charge in [-0.05, 0) is 13.3 Å². The number of aliphatic hydroxyl groups is 1. The number of aliphatic hydroxyl groups excluding tert-OH is 1. The van der Waals surface area contributed by atoms with Crippen molar-refractivity contribution in [2.24, 2.45) is 5.73 Å². The van der Waals surface area contributed by atoms with Gasteiger partial charge in [-0.1, -0.05) is 0 Å². The van der Waals surface area contributed by atoms with E-state index in [1.807, 2.05) is 0 Å². The van der Waals surface area contributed by atoms with Gasteiger partial charge in [0.1, 0.15) is 12.1 Å². The van der Waals surface area contributed by atoms with Crippen LogP contribution in [0.25, 0.3) is 0 Å². The molecule has 3 unspecified atom stereocenters. The van der Waals surface area contributed by atoms with E-state index in [0.29, 0.717) is 0 Å². The van der Waals surface area contributed by atoms with Crippen molar-refractivity contribution in [3.05, 3.63) is 0 Å². The van der Waals surface area contributed by atoms with Crippen LogP contribution in [0, 0.1) is 0 Å². The average molecular weight is 305 g/mol. The fourth-order valence-corrected chi connectivity index (χ4v) is 1.42. The van der Waals surface area contributed by atoms with E-state index < -0.39 is 54.9 Å². The van der Waals surface area contributed by atoms with Gasteiger partial charge in [0, 0.05) is 6.42 Å². The second kappa shape index (κ2) is 8.87. The van der Waals surface area contributed by atoms with Gasteiger partial charge in [-0.2, -0.15) is 0 Å². The van der Waals surface area contributed by atoms with Crippen molar-refractivity contribution in [3.8, 4) is 0 Å². The van der Waals surface area contributed by atoms with Gasteiger partial charge < -0.3 is 31.7 Å². The molecular weight excluding hydrogens is 286 g/mol. The Bertz CT molecular complexity index is 411. The molecule has 0 aliphatic rings. The first-order valence-electron chi connectivity index (χ1n) is 6.11. The molecule has 120 valence electrons. The van der Waals surface area contributed by atoms with Crippen molar-refractivity contribution in [2.45, 2.75) is 38.0 Å². The summed E-state index contributed by atoms with van der Waals surface area (Å²) in [5.74, 6) is -4.27. The number of carbonyl (C=O) groups is 4. The van der Waals surface area contributed by atoms with Gasteiger partial charge >= 0.3 is 11.9 Å². The molecule has 7 N–H and O–H groups in total. The molecule has 3 atom stereocenters. The fraction of sp³-hybridized carbons (Fsp3) is 0.636. The molecule has 0 aromatic carbocycles. The van der Waals surface area contributed by atoms with Crippen molar-refractivity contribution in [1.29, 1.82) is 0 Å². The van der Waals surface area contributed by atoms with Crippen LogP contribution in [0.2, 0.25) is 0 Å².